The molecule has 1 atom stereocenters. The summed E-state index contributed by atoms with van der Waals surface area (Å²) in [6.45, 7) is 1.72. The fraction of sp³-hybridized carbons (Fsp3) is 0.368. The lowest BCUT2D eigenvalue weighted by atomic mass is 10.2. The Hall–Kier alpha value is -2.38. The second-order valence-corrected chi connectivity index (χ2v) is 7.20. The summed E-state index contributed by atoms with van der Waals surface area (Å²) in [5.74, 6) is 2.52. The lowest BCUT2D eigenvalue weighted by Gasteiger charge is -2.21. The minimum atomic E-state index is 0.450. The number of thiophene rings is 1. The summed E-state index contributed by atoms with van der Waals surface area (Å²) in [6.07, 6.45) is 2.37. The van der Waals surface area contributed by atoms with Gasteiger partial charge in [0, 0.05) is 16.5 Å². The van der Waals surface area contributed by atoms with Crippen molar-refractivity contribution in [2.24, 2.45) is 0 Å². The van der Waals surface area contributed by atoms with Crippen LogP contribution in [0.1, 0.15) is 29.7 Å². The van der Waals surface area contributed by atoms with Crippen LogP contribution in [-0.4, -0.2) is 35.8 Å². The zero-order chi connectivity index (χ0) is 17.9. The maximum absolute atomic E-state index is 5.51. The highest BCUT2D eigenvalue weighted by atomic mass is 32.1. The van der Waals surface area contributed by atoms with E-state index in [1.807, 2.05) is 29.5 Å². The number of likely N-dealkylation sites (tertiary alicyclic amines) is 1. The molecule has 1 aliphatic heterocycles. The lowest BCUT2D eigenvalue weighted by Crippen LogP contribution is -2.22. The highest BCUT2D eigenvalue weighted by molar-refractivity contribution is 7.10. The number of ether oxygens (including phenoxy) is 2. The lowest BCUT2D eigenvalue weighted by molar-refractivity contribution is 0.214. The third kappa shape index (κ3) is 3.32. The van der Waals surface area contributed by atoms with E-state index in [1.54, 1.807) is 14.2 Å². The number of hydrogen-bond acceptors (Lipinski definition) is 7. The average molecular weight is 371 g/mol. The summed E-state index contributed by atoms with van der Waals surface area (Å²) in [7, 11) is 3.23. The normalized spacial score (nSPS) is 17.5. The molecule has 0 bridgehead atoms. The van der Waals surface area contributed by atoms with Crippen LogP contribution in [0, 0.1) is 0 Å². The molecule has 1 aliphatic rings. The number of benzene rings is 1. The Balaban J connectivity index is 1.51. The second kappa shape index (κ2) is 7.47. The van der Waals surface area contributed by atoms with Gasteiger partial charge in [0.25, 0.3) is 0 Å². The first-order valence-corrected chi connectivity index (χ1v) is 9.49. The van der Waals surface area contributed by atoms with Gasteiger partial charge in [0.2, 0.25) is 11.7 Å². The third-order valence-electron chi connectivity index (χ3n) is 4.68. The monoisotopic (exact) mass is 371 g/mol. The molecule has 1 aromatic carbocycles. The van der Waals surface area contributed by atoms with Crippen molar-refractivity contribution in [2.75, 3.05) is 20.8 Å². The maximum Gasteiger partial charge on any atom is 0.241 e. The van der Waals surface area contributed by atoms with Crippen molar-refractivity contribution < 1.29 is 14.0 Å². The van der Waals surface area contributed by atoms with Crippen molar-refractivity contribution in [1.82, 2.24) is 15.0 Å². The molecular formula is C19H21N3O3S. The SMILES string of the molecule is COc1ccc(-c2noc(CN3CCCC3c3cccs3)n2)cc1OC. The molecule has 2 aromatic heterocycles. The molecular weight excluding hydrogens is 350 g/mol. The molecule has 1 unspecified atom stereocenters. The standard InChI is InChI=1S/C19H21N3O3S/c1-23-15-8-7-13(11-16(15)24-2)19-20-18(25-21-19)12-22-9-3-5-14(22)17-6-4-10-26-17/h4,6-8,10-11,14H,3,5,9,12H2,1-2H3. The molecule has 0 radical (unpaired) electrons. The minimum Gasteiger partial charge on any atom is -0.493 e. The van der Waals surface area contributed by atoms with E-state index in [9.17, 15) is 0 Å². The predicted molar refractivity (Wildman–Crippen MR) is 99.5 cm³/mol. The molecule has 0 amide bonds. The van der Waals surface area contributed by atoms with Gasteiger partial charge in [-0.1, -0.05) is 11.2 Å². The summed E-state index contributed by atoms with van der Waals surface area (Å²) >= 11 is 1.81. The Morgan fingerprint density at radius 1 is 1.23 bits per heavy atom. The van der Waals surface area contributed by atoms with E-state index < -0.39 is 0 Å². The number of aromatic nitrogens is 2. The van der Waals surface area contributed by atoms with Gasteiger partial charge in [0.15, 0.2) is 11.5 Å². The van der Waals surface area contributed by atoms with Gasteiger partial charge in [-0.3, -0.25) is 4.90 Å². The molecule has 4 rings (SSSR count). The van der Waals surface area contributed by atoms with E-state index in [1.165, 1.54) is 17.7 Å². The summed E-state index contributed by atoms with van der Waals surface area (Å²) in [4.78, 5) is 8.40. The van der Waals surface area contributed by atoms with Crippen LogP contribution in [0.15, 0.2) is 40.2 Å². The summed E-state index contributed by atoms with van der Waals surface area (Å²) < 4.78 is 16.1. The van der Waals surface area contributed by atoms with Gasteiger partial charge in [0.1, 0.15) is 0 Å². The van der Waals surface area contributed by atoms with Crippen molar-refractivity contribution >= 4 is 11.3 Å². The van der Waals surface area contributed by atoms with Crippen molar-refractivity contribution in [2.45, 2.75) is 25.4 Å². The van der Waals surface area contributed by atoms with Crippen LogP contribution in [-0.2, 0) is 6.54 Å². The molecule has 136 valence electrons. The molecule has 3 aromatic rings. The molecule has 7 heteroatoms. The highest BCUT2D eigenvalue weighted by Gasteiger charge is 2.28. The fourth-order valence-corrected chi connectivity index (χ4v) is 4.30. The van der Waals surface area contributed by atoms with E-state index in [2.05, 4.69) is 32.6 Å². The fourth-order valence-electron chi connectivity index (χ4n) is 3.40. The van der Waals surface area contributed by atoms with Crippen LogP contribution in [0.3, 0.4) is 0 Å². The molecule has 0 aliphatic carbocycles. The smallest absolute Gasteiger partial charge is 0.241 e. The van der Waals surface area contributed by atoms with E-state index >= 15 is 0 Å². The van der Waals surface area contributed by atoms with E-state index in [4.69, 9.17) is 14.0 Å². The Labute approximate surface area is 156 Å². The summed E-state index contributed by atoms with van der Waals surface area (Å²) in [6, 6.07) is 10.4. The van der Waals surface area contributed by atoms with E-state index in [-0.39, 0.29) is 0 Å². The number of nitrogens with zero attached hydrogens (tertiary/aromatic N) is 3. The molecule has 1 saturated heterocycles. The number of hydrogen-bond donors (Lipinski definition) is 0. The Bertz CT molecular complexity index is 863. The Morgan fingerprint density at radius 3 is 2.88 bits per heavy atom. The second-order valence-electron chi connectivity index (χ2n) is 6.23. The van der Waals surface area contributed by atoms with Crippen LogP contribution in [0.5, 0.6) is 11.5 Å². The molecule has 0 saturated carbocycles. The molecule has 3 heterocycles. The van der Waals surface area contributed by atoms with Gasteiger partial charge in [-0.2, -0.15) is 4.98 Å². The first kappa shape index (κ1) is 17.1. The molecule has 26 heavy (non-hydrogen) atoms. The summed E-state index contributed by atoms with van der Waals surface area (Å²) in [5.41, 5.74) is 0.842. The van der Waals surface area contributed by atoms with E-state index in [0.717, 1.165) is 12.1 Å². The average Bonchev–Trinajstić information content (AvgIpc) is 3.42. The van der Waals surface area contributed by atoms with Gasteiger partial charge < -0.3 is 14.0 Å². The molecule has 0 N–H and O–H groups in total. The van der Waals surface area contributed by atoms with Crippen molar-refractivity contribution in [3.05, 3.63) is 46.5 Å². The quantitative estimate of drug-likeness (QED) is 0.649. The largest absolute Gasteiger partial charge is 0.493 e. The third-order valence-corrected chi connectivity index (χ3v) is 5.66. The number of rotatable bonds is 6. The van der Waals surface area contributed by atoms with Gasteiger partial charge in [0.05, 0.1) is 20.8 Å². The topological polar surface area (TPSA) is 60.6 Å². The molecule has 0 spiro atoms. The molecule has 6 nitrogen and oxygen atoms in total. The van der Waals surface area contributed by atoms with Crippen molar-refractivity contribution in [3.8, 4) is 22.9 Å². The molecule has 1 fully saturated rings. The van der Waals surface area contributed by atoms with Crippen LogP contribution in [0.25, 0.3) is 11.4 Å². The maximum atomic E-state index is 5.51. The predicted octanol–water partition coefficient (Wildman–Crippen LogP) is 4.15. The van der Waals surface area contributed by atoms with Crippen LogP contribution < -0.4 is 9.47 Å². The Morgan fingerprint density at radius 2 is 2.12 bits per heavy atom. The van der Waals surface area contributed by atoms with Gasteiger partial charge >= 0.3 is 0 Å². The van der Waals surface area contributed by atoms with Crippen molar-refractivity contribution in [3.63, 3.8) is 0 Å². The number of methoxy groups -OCH3 is 2. The van der Waals surface area contributed by atoms with E-state index in [0.29, 0.717) is 35.8 Å². The highest BCUT2D eigenvalue weighted by Crippen LogP contribution is 2.36. The van der Waals surface area contributed by atoms with Crippen LogP contribution in [0.4, 0.5) is 0 Å². The van der Waals surface area contributed by atoms with Crippen LogP contribution in [0.2, 0.25) is 0 Å². The zero-order valence-corrected chi connectivity index (χ0v) is 15.7. The summed E-state index contributed by atoms with van der Waals surface area (Å²) in [5, 5.41) is 6.27. The first-order valence-electron chi connectivity index (χ1n) is 8.61. The zero-order valence-electron chi connectivity index (χ0n) is 14.8. The van der Waals surface area contributed by atoms with Gasteiger partial charge in [-0.25, -0.2) is 0 Å². The first-order chi connectivity index (χ1) is 12.8. The van der Waals surface area contributed by atoms with Crippen molar-refractivity contribution in [1.29, 1.82) is 0 Å². The van der Waals surface area contributed by atoms with Gasteiger partial charge in [-0.15, -0.1) is 11.3 Å². The Kier molecular flexibility index (Phi) is 4.90. The van der Waals surface area contributed by atoms with Gasteiger partial charge in [-0.05, 0) is 49.0 Å². The van der Waals surface area contributed by atoms with Crippen LogP contribution >= 0.6 is 11.3 Å². The minimum absolute atomic E-state index is 0.450.